The summed E-state index contributed by atoms with van der Waals surface area (Å²) in [6.45, 7) is 8.48. The van der Waals surface area contributed by atoms with Crippen molar-refractivity contribution in [2.24, 2.45) is 11.7 Å². The quantitative estimate of drug-likeness (QED) is 0.765. The topological polar surface area (TPSA) is 49.6 Å². The Morgan fingerprint density at radius 3 is 2.25 bits per heavy atom. The number of hydrogen-bond donors (Lipinski definition) is 1. The van der Waals surface area contributed by atoms with Gasteiger partial charge >= 0.3 is 0 Å². The number of likely N-dealkylation sites (N-methyl/N-ethyl adjacent to an activating group) is 1. The SMILES string of the molecule is CCC(CN)C(=O)N1CC(C)N(C)C(C)C1. The maximum atomic E-state index is 12.2. The molecule has 16 heavy (non-hydrogen) atoms. The number of nitrogens with two attached hydrogens (primary N) is 1. The van der Waals surface area contributed by atoms with Gasteiger partial charge in [0.1, 0.15) is 0 Å². The van der Waals surface area contributed by atoms with Crippen LogP contribution in [0.3, 0.4) is 0 Å². The van der Waals surface area contributed by atoms with Crippen LogP contribution in [0.5, 0.6) is 0 Å². The second-order valence-electron chi connectivity index (χ2n) is 4.95. The van der Waals surface area contributed by atoms with Crippen LogP contribution < -0.4 is 5.73 Å². The number of rotatable bonds is 3. The molecule has 1 aliphatic heterocycles. The van der Waals surface area contributed by atoms with Crippen LogP contribution in [0.1, 0.15) is 27.2 Å². The molecule has 0 spiro atoms. The Hall–Kier alpha value is -0.610. The van der Waals surface area contributed by atoms with Gasteiger partial charge in [-0.25, -0.2) is 0 Å². The van der Waals surface area contributed by atoms with Crippen LogP contribution in [0.25, 0.3) is 0 Å². The lowest BCUT2D eigenvalue weighted by molar-refractivity contribution is -0.139. The van der Waals surface area contributed by atoms with Crippen LogP contribution in [-0.2, 0) is 4.79 Å². The highest BCUT2D eigenvalue weighted by atomic mass is 16.2. The summed E-state index contributed by atoms with van der Waals surface area (Å²) in [6.07, 6.45) is 0.838. The third-order valence-corrected chi connectivity index (χ3v) is 3.80. The monoisotopic (exact) mass is 227 g/mol. The maximum Gasteiger partial charge on any atom is 0.227 e. The van der Waals surface area contributed by atoms with Crippen LogP contribution >= 0.6 is 0 Å². The Labute approximate surface area is 98.8 Å². The van der Waals surface area contributed by atoms with Crippen molar-refractivity contribution < 1.29 is 4.79 Å². The molecule has 4 nitrogen and oxygen atoms in total. The number of amides is 1. The zero-order valence-corrected chi connectivity index (χ0v) is 10.9. The number of nitrogens with zero attached hydrogens (tertiary/aromatic N) is 2. The highest BCUT2D eigenvalue weighted by molar-refractivity contribution is 5.79. The summed E-state index contributed by atoms with van der Waals surface area (Å²) in [6, 6.07) is 0.867. The van der Waals surface area contributed by atoms with Gasteiger partial charge in [-0.2, -0.15) is 0 Å². The van der Waals surface area contributed by atoms with Crippen LogP contribution in [0.2, 0.25) is 0 Å². The van der Waals surface area contributed by atoms with Crippen molar-refractivity contribution in [2.45, 2.75) is 39.3 Å². The predicted molar refractivity (Wildman–Crippen MR) is 66.1 cm³/mol. The van der Waals surface area contributed by atoms with Crippen LogP contribution in [0.15, 0.2) is 0 Å². The smallest absolute Gasteiger partial charge is 0.227 e. The van der Waals surface area contributed by atoms with Gasteiger partial charge in [-0.05, 0) is 27.3 Å². The highest BCUT2D eigenvalue weighted by Crippen LogP contribution is 2.16. The first-order valence-corrected chi connectivity index (χ1v) is 6.22. The molecule has 0 bridgehead atoms. The molecule has 0 aromatic rings. The molecule has 1 amide bonds. The van der Waals surface area contributed by atoms with Crippen LogP contribution in [0, 0.1) is 5.92 Å². The highest BCUT2D eigenvalue weighted by Gasteiger charge is 2.31. The van der Waals surface area contributed by atoms with E-state index < -0.39 is 0 Å². The van der Waals surface area contributed by atoms with Gasteiger partial charge in [0.15, 0.2) is 0 Å². The fourth-order valence-electron chi connectivity index (χ4n) is 2.28. The van der Waals surface area contributed by atoms with E-state index in [9.17, 15) is 4.79 Å². The number of carbonyl (C=O) groups excluding carboxylic acids is 1. The molecule has 1 saturated heterocycles. The first kappa shape index (κ1) is 13.5. The van der Waals surface area contributed by atoms with Gasteiger partial charge in [0.05, 0.1) is 5.92 Å². The van der Waals surface area contributed by atoms with Crippen molar-refractivity contribution in [2.75, 3.05) is 26.7 Å². The molecule has 2 N–H and O–H groups in total. The fourth-order valence-corrected chi connectivity index (χ4v) is 2.28. The lowest BCUT2D eigenvalue weighted by atomic mass is 10.0. The van der Waals surface area contributed by atoms with E-state index in [0.29, 0.717) is 18.6 Å². The summed E-state index contributed by atoms with van der Waals surface area (Å²) in [7, 11) is 2.12. The number of carbonyl (C=O) groups is 1. The van der Waals surface area contributed by atoms with Crippen molar-refractivity contribution >= 4 is 5.91 Å². The van der Waals surface area contributed by atoms with E-state index >= 15 is 0 Å². The molecule has 1 aliphatic rings. The summed E-state index contributed by atoms with van der Waals surface area (Å²) in [5.74, 6) is 0.236. The molecule has 4 heteroatoms. The molecule has 0 aliphatic carbocycles. The largest absolute Gasteiger partial charge is 0.339 e. The van der Waals surface area contributed by atoms with E-state index in [1.165, 1.54) is 0 Å². The fraction of sp³-hybridized carbons (Fsp3) is 0.917. The second-order valence-corrected chi connectivity index (χ2v) is 4.95. The minimum absolute atomic E-state index is 0.00260. The lowest BCUT2D eigenvalue weighted by Gasteiger charge is -2.43. The lowest BCUT2D eigenvalue weighted by Crippen LogP contribution is -2.57. The van der Waals surface area contributed by atoms with Crippen molar-refractivity contribution in [1.29, 1.82) is 0 Å². The van der Waals surface area contributed by atoms with E-state index in [1.54, 1.807) is 0 Å². The molecule has 94 valence electrons. The third-order valence-electron chi connectivity index (χ3n) is 3.80. The van der Waals surface area contributed by atoms with Gasteiger partial charge in [0.2, 0.25) is 5.91 Å². The molecule has 0 aromatic heterocycles. The Bertz CT molecular complexity index is 228. The number of hydrogen-bond acceptors (Lipinski definition) is 3. The average molecular weight is 227 g/mol. The molecule has 1 fully saturated rings. The molecular weight excluding hydrogens is 202 g/mol. The summed E-state index contributed by atoms with van der Waals surface area (Å²) in [5.41, 5.74) is 5.63. The Kier molecular flexibility index (Phi) is 4.74. The Balaban J connectivity index is 2.64. The van der Waals surface area contributed by atoms with Crippen LogP contribution in [0.4, 0.5) is 0 Å². The van der Waals surface area contributed by atoms with Gasteiger partial charge in [0, 0.05) is 31.7 Å². The first-order chi connectivity index (χ1) is 7.51. The van der Waals surface area contributed by atoms with E-state index in [2.05, 4.69) is 25.8 Å². The minimum atomic E-state index is 0.00260. The van der Waals surface area contributed by atoms with Gasteiger partial charge in [-0.1, -0.05) is 6.92 Å². The molecule has 0 aromatic carbocycles. The standard InChI is InChI=1S/C12H25N3O/c1-5-11(6-13)12(16)15-7-9(2)14(4)10(3)8-15/h9-11H,5-8,13H2,1-4H3. The van der Waals surface area contributed by atoms with Crippen molar-refractivity contribution in [3.05, 3.63) is 0 Å². The summed E-state index contributed by atoms with van der Waals surface area (Å²) < 4.78 is 0. The molecule has 0 radical (unpaired) electrons. The Morgan fingerprint density at radius 1 is 1.38 bits per heavy atom. The molecule has 3 atom stereocenters. The summed E-state index contributed by atoms with van der Waals surface area (Å²) in [4.78, 5) is 16.5. The molecule has 0 saturated carbocycles. The van der Waals surface area contributed by atoms with Crippen molar-refractivity contribution in [1.82, 2.24) is 9.80 Å². The minimum Gasteiger partial charge on any atom is -0.339 e. The second kappa shape index (κ2) is 5.64. The maximum absolute atomic E-state index is 12.2. The molecule has 1 heterocycles. The van der Waals surface area contributed by atoms with E-state index in [1.807, 2.05) is 11.8 Å². The van der Waals surface area contributed by atoms with E-state index in [4.69, 9.17) is 5.73 Å². The van der Waals surface area contributed by atoms with Gasteiger partial charge < -0.3 is 10.6 Å². The van der Waals surface area contributed by atoms with E-state index in [-0.39, 0.29) is 11.8 Å². The van der Waals surface area contributed by atoms with Crippen molar-refractivity contribution in [3.8, 4) is 0 Å². The zero-order chi connectivity index (χ0) is 12.3. The van der Waals surface area contributed by atoms with Crippen molar-refractivity contribution in [3.63, 3.8) is 0 Å². The summed E-state index contributed by atoms with van der Waals surface area (Å²) in [5, 5.41) is 0. The van der Waals surface area contributed by atoms with E-state index in [0.717, 1.165) is 19.5 Å². The molecular formula is C12H25N3O. The molecule has 3 unspecified atom stereocenters. The first-order valence-electron chi connectivity index (χ1n) is 6.22. The predicted octanol–water partition coefficient (Wildman–Crippen LogP) is 0.522. The molecule has 1 rings (SSSR count). The Morgan fingerprint density at radius 2 is 1.88 bits per heavy atom. The van der Waals surface area contributed by atoms with Gasteiger partial charge in [0.25, 0.3) is 0 Å². The number of piperazine rings is 1. The van der Waals surface area contributed by atoms with Gasteiger partial charge in [-0.3, -0.25) is 9.69 Å². The van der Waals surface area contributed by atoms with Gasteiger partial charge in [-0.15, -0.1) is 0 Å². The van der Waals surface area contributed by atoms with Crippen LogP contribution in [-0.4, -0.2) is 54.5 Å². The zero-order valence-electron chi connectivity index (χ0n) is 10.9. The average Bonchev–Trinajstić information content (AvgIpc) is 2.26. The normalized spacial score (nSPS) is 29.2. The summed E-state index contributed by atoms with van der Waals surface area (Å²) >= 11 is 0. The third kappa shape index (κ3) is 2.74.